The minimum atomic E-state index is -1.76. The highest BCUT2D eigenvalue weighted by atomic mass is 28.4. The highest BCUT2D eigenvalue weighted by Gasteiger charge is 2.19. The standard InChI is InChI=1S/C17H26O5Si/c1-20-17(19)14-9-11-15(12-10-14)21-13-7-5-6-8-16(18)22-23(2,3)4/h9-12H,5-8,13H2,1-4H3. The summed E-state index contributed by atoms with van der Waals surface area (Å²) in [7, 11) is -0.409. The second-order valence-corrected chi connectivity index (χ2v) is 10.7. The number of esters is 1. The Morgan fingerprint density at radius 3 is 2.22 bits per heavy atom. The zero-order chi connectivity index (χ0) is 17.3. The minimum Gasteiger partial charge on any atom is -0.520 e. The van der Waals surface area contributed by atoms with Gasteiger partial charge in [0, 0.05) is 6.42 Å². The highest BCUT2D eigenvalue weighted by molar-refractivity contribution is 6.71. The van der Waals surface area contributed by atoms with Crippen molar-refractivity contribution in [1.82, 2.24) is 0 Å². The van der Waals surface area contributed by atoms with Crippen LogP contribution in [0.15, 0.2) is 24.3 Å². The van der Waals surface area contributed by atoms with E-state index in [0.717, 1.165) is 25.0 Å². The summed E-state index contributed by atoms with van der Waals surface area (Å²) >= 11 is 0. The normalized spacial score (nSPS) is 11.0. The summed E-state index contributed by atoms with van der Waals surface area (Å²) in [6.07, 6.45) is 3.08. The molecule has 0 amide bonds. The van der Waals surface area contributed by atoms with E-state index in [1.165, 1.54) is 7.11 Å². The van der Waals surface area contributed by atoms with Gasteiger partial charge in [-0.25, -0.2) is 4.79 Å². The van der Waals surface area contributed by atoms with Gasteiger partial charge in [0.05, 0.1) is 19.3 Å². The van der Waals surface area contributed by atoms with Crippen LogP contribution in [0.25, 0.3) is 0 Å². The Bertz CT molecular complexity index is 505. The molecule has 6 heteroatoms. The number of rotatable bonds is 9. The van der Waals surface area contributed by atoms with Crippen LogP contribution >= 0.6 is 0 Å². The number of hydrogen-bond donors (Lipinski definition) is 0. The van der Waals surface area contributed by atoms with Crippen molar-refractivity contribution in [1.29, 1.82) is 0 Å². The van der Waals surface area contributed by atoms with Crippen LogP contribution in [-0.2, 0) is 14.0 Å². The van der Waals surface area contributed by atoms with Gasteiger partial charge in [-0.1, -0.05) is 0 Å². The van der Waals surface area contributed by atoms with Gasteiger partial charge < -0.3 is 13.9 Å². The predicted molar refractivity (Wildman–Crippen MR) is 91.2 cm³/mol. The highest BCUT2D eigenvalue weighted by Crippen LogP contribution is 2.14. The second-order valence-electron chi connectivity index (χ2n) is 6.26. The molecule has 0 heterocycles. The Kier molecular flexibility index (Phi) is 7.81. The van der Waals surface area contributed by atoms with Crippen molar-refractivity contribution in [2.75, 3.05) is 13.7 Å². The van der Waals surface area contributed by atoms with E-state index in [2.05, 4.69) is 4.74 Å². The van der Waals surface area contributed by atoms with Crippen molar-refractivity contribution < 1.29 is 23.5 Å². The van der Waals surface area contributed by atoms with E-state index in [0.29, 0.717) is 18.6 Å². The van der Waals surface area contributed by atoms with E-state index in [1.807, 2.05) is 19.6 Å². The third-order valence-corrected chi connectivity index (χ3v) is 3.83. The Morgan fingerprint density at radius 2 is 1.65 bits per heavy atom. The fourth-order valence-corrected chi connectivity index (χ4v) is 2.72. The van der Waals surface area contributed by atoms with Crippen LogP contribution in [-0.4, -0.2) is 34.0 Å². The summed E-state index contributed by atoms with van der Waals surface area (Å²) in [4.78, 5) is 22.9. The molecule has 128 valence electrons. The zero-order valence-electron chi connectivity index (χ0n) is 14.4. The number of ether oxygens (including phenoxy) is 2. The van der Waals surface area contributed by atoms with Crippen LogP contribution in [0, 0.1) is 0 Å². The third kappa shape index (κ3) is 8.40. The van der Waals surface area contributed by atoms with Crippen molar-refractivity contribution in [2.24, 2.45) is 0 Å². The molecule has 23 heavy (non-hydrogen) atoms. The fourth-order valence-electron chi connectivity index (χ4n) is 1.94. The van der Waals surface area contributed by atoms with Gasteiger partial charge in [0.2, 0.25) is 8.32 Å². The first-order chi connectivity index (χ1) is 10.8. The van der Waals surface area contributed by atoms with Gasteiger partial charge in [0.1, 0.15) is 5.75 Å². The molecule has 0 bridgehead atoms. The summed E-state index contributed by atoms with van der Waals surface area (Å²) in [6, 6.07) is 6.84. The first-order valence-electron chi connectivity index (χ1n) is 7.85. The van der Waals surface area contributed by atoms with E-state index in [4.69, 9.17) is 9.16 Å². The quantitative estimate of drug-likeness (QED) is 0.389. The summed E-state index contributed by atoms with van der Waals surface area (Å²) in [5.74, 6) is 0.265. The van der Waals surface area contributed by atoms with Crippen molar-refractivity contribution in [2.45, 2.75) is 45.3 Å². The Morgan fingerprint density at radius 1 is 1.00 bits per heavy atom. The molecule has 0 radical (unpaired) electrons. The maximum absolute atomic E-state index is 11.6. The lowest BCUT2D eigenvalue weighted by atomic mass is 10.2. The first-order valence-corrected chi connectivity index (χ1v) is 11.3. The second kappa shape index (κ2) is 9.35. The van der Waals surface area contributed by atoms with Gasteiger partial charge in [-0.3, -0.25) is 4.79 Å². The molecule has 1 aromatic rings. The molecule has 0 unspecified atom stereocenters. The summed E-state index contributed by atoms with van der Waals surface area (Å²) in [5, 5.41) is 0. The molecule has 0 spiro atoms. The van der Waals surface area contributed by atoms with Crippen molar-refractivity contribution in [3.05, 3.63) is 29.8 Å². The molecule has 0 saturated carbocycles. The van der Waals surface area contributed by atoms with Crippen LogP contribution in [0.4, 0.5) is 0 Å². The average Bonchev–Trinajstić information content (AvgIpc) is 2.48. The predicted octanol–water partition coefficient (Wildman–Crippen LogP) is 3.79. The average molecular weight is 338 g/mol. The van der Waals surface area contributed by atoms with Gasteiger partial charge in [0.15, 0.2) is 0 Å². The minimum absolute atomic E-state index is 0.0940. The molecule has 5 nitrogen and oxygen atoms in total. The molecule has 1 aromatic carbocycles. The van der Waals surface area contributed by atoms with Crippen LogP contribution in [0.1, 0.15) is 36.0 Å². The van der Waals surface area contributed by atoms with Gasteiger partial charge >= 0.3 is 5.97 Å². The molecule has 1 rings (SSSR count). The Balaban J connectivity index is 2.16. The summed E-state index contributed by atoms with van der Waals surface area (Å²) < 4.78 is 15.6. The maximum atomic E-state index is 11.6. The number of benzene rings is 1. The lowest BCUT2D eigenvalue weighted by molar-refractivity contribution is -0.135. The van der Waals surface area contributed by atoms with Crippen LogP contribution in [0.5, 0.6) is 5.75 Å². The molecule has 0 aliphatic heterocycles. The fraction of sp³-hybridized carbons (Fsp3) is 0.529. The summed E-state index contributed by atoms with van der Waals surface area (Å²) in [5.41, 5.74) is 0.501. The molecule has 0 aromatic heterocycles. The van der Waals surface area contributed by atoms with Gasteiger partial charge in [-0.2, -0.15) is 0 Å². The smallest absolute Gasteiger partial charge is 0.337 e. The lowest BCUT2D eigenvalue weighted by Gasteiger charge is -2.17. The molecule has 0 N–H and O–H groups in total. The van der Waals surface area contributed by atoms with Gasteiger partial charge in [-0.05, 0) is 63.2 Å². The van der Waals surface area contributed by atoms with Gasteiger partial charge in [0.25, 0.3) is 5.97 Å². The van der Waals surface area contributed by atoms with Crippen LogP contribution in [0.2, 0.25) is 19.6 Å². The van der Waals surface area contributed by atoms with Crippen LogP contribution < -0.4 is 4.74 Å². The zero-order valence-corrected chi connectivity index (χ0v) is 15.4. The monoisotopic (exact) mass is 338 g/mol. The Labute approximate surface area is 139 Å². The lowest BCUT2D eigenvalue weighted by Crippen LogP contribution is -2.28. The molecule has 0 aliphatic carbocycles. The van der Waals surface area contributed by atoms with Crippen LogP contribution in [0.3, 0.4) is 0 Å². The van der Waals surface area contributed by atoms with Crippen molar-refractivity contribution >= 4 is 20.3 Å². The van der Waals surface area contributed by atoms with E-state index in [1.54, 1.807) is 24.3 Å². The van der Waals surface area contributed by atoms with E-state index in [9.17, 15) is 9.59 Å². The number of methoxy groups -OCH3 is 1. The number of hydrogen-bond acceptors (Lipinski definition) is 5. The van der Waals surface area contributed by atoms with E-state index < -0.39 is 8.32 Å². The van der Waals surface area contributed by atoms with E-state index in [-0.39, 0.29) is 11.9 Å². The molecular formula is C17H26O5Si. The molecule has 0 fully saturated rings. The maximum Gasteiger partial charge on any atom is 0.337 e. The van der Waals surface area contributed by atoms with E-state index >= 15 is 0 Å². The Hall–Kier alpha value is -1.82. The third-order valence-electron chi connectivity index (χ3n) is 2.99. The molecular weight excluding hydrogens is 312 g/mol. The number of carbonyl (C=O) groups excluding carboxylic acids is 2. The van der Waals surface area contributed by atoms with Crippen molar-refractivity contribution in [3.8, 4) is 5.75 Å². The first kappa shape index (κ1) is 19.2. The SMILES string of the molecule is COC(=O)c1ccc(OCCCCCC(=O)O[Si](C)(C)C)cc1. The number of unbranched alkanes of at least 4 members (excludes halogenated alkanes) is 2. The van der Waals surface area contributed by atoms with Crippen molar-refractivity contribution in [3.63, 3.8) is 0 Å². The largest absolute Gasteiger partial charge is 0.520 e. The summed E-state index contributed by atoms with van der Waals surface area (Å²) in [6.45, 7) is 6.60. The molecule has 0 atom stereocenters. The number of carbonyl (C=O) groups is 2. The molecule has 0 aliphatic rings. The molecule has 0 saturated heterocycles. The van der Waals surface area contributed by atoms with Gasteiger partial charge in [-0.15, -0.1) is 0 Å². The topological polar surface area (TPSA) is 61.8 Å².